The third kappa shape index (κ3) is 3.82. The number of halogens is 2. The van der Waals surface area contributed by atoms with Crippen molar-refractivity contribution in [3.63, 3.8) is 0 Å². The van der Waals surface area contributed by atoms with Gasteiger partial charge in [-0.05, 0) is 19.2 Å². The van der Waals surface area contributed by atoms with Crippen LogP contribution < -0.4 is 12.4 Å². The molecule has 0 aromatic carbocycles. The van der Waals surface area contributed by atoms with E-state index in [1.165, 1.54) is 0 Å². The van der Waals surface area contributed by atoms with Crippen LogP contribution >= 0.6 is 11.6 Å². The van der Waals surface area contributed by atoms with Crippen LogP contribution in [-0.2, 0) is 6.54 Å². The number of carbonyl (C=O) groups excluding carboxylic acids is 1. The Hall–Kier alpha value is -1.50. The van der Waals surface area contributed by atoms with Gasteiger partial charge in [0.25, 0.3) is 5.91 Å². The summed E-state index contributed by atoms with van der Waals surface area (Å²) < 4.78 is 7.30. The highest BCUT2D eigenvalue weighted by atomic mass is 35.5. The summed E-state index contributed by atoms with van der Waals surface area (Å²) in [5.74, 6) is 1.02. The molecule has 0 atom stereocenters. The molecule has 0 spiro atoms. The van der Waals surface area contributed by atoms with Gasteiger partial charge in [-0.2, -0.15) is 5.10 Å². The van der Waals surface area contributed by atoms with Gasteiger partial charge in [0, 0.05) is 32.4 Å². The van der Waals surface area contributed by atoms with Crippen molar-refractivity contribution < 1.29 is 21.6 Å². The highest BCUT2D eigenvalue weighted by Crippen LogP contribution is 2.14. The molecule has 22 heavy (non-hydrogen) atoms. The molecular weight excluding hydrogens is 327 g/mol. The van der Waals surface area contributed by atoms with Crippen molar-refractivity contribution >= 4 is 17.5 Å². The van der Waals surface area contributed by atoms with Crippen molar-refractivity contribution in [3.05, 3.63) is 41.1 Å². The highest BCUT2D eigenvalue weighted by molar-refractivity contribution is 6.30. The molecular formula is C14H17Cl2N4O2-. The molecule has 2 aromatic heterocycles. The Balaban J connectivity index is 0.00000176. The van der Waals surface area contributed by atoms with Crippen LogP contribution in [0.15, 0.2) is 28.9 Å². The van der Waals surface area contributed by atoms with E-state index in [4.69, 9.17) is 16.0 Å². The average Bonchev–Trinajstić information content (AvgIpc) is 3.09. The molecule has 120 valence electrons. The first-order valence-electron chi connectivity index (χ1n) is 6.86. The summed E-state index contributed by atoms with van der Waals surface area (Å²) in [5.41, 5.74) is 0. The van der Waals surface area contributed by atoms with Gasteiger partial charge in [-0.3, -0.25) is 9.48 Å². The van der Waals surface area contributed by atoms with Crippen molar-refractivity contribution in [2.45, 2.75) is 6.54 Å². The fourth-order valence-electron chi connectivity index (χ4n) is 2.33. The van der Waals surface area contributed by atoms with Gasteiger partial charge in [0.15, 0.2) is 5.76 Å². The zero-order valence-electron chi connectivity index (χ0n) is 12.2. The SMILES string of the molecule is CN1CCN(C(=O)c2ccc(Cn3cc(Cl)cn3)o2)CC1.[Cl-]. The summed E-state index contributed by atoms with van der Waals surface area (Å²) in [5, 5.41) is 4.67. The Morgan fingerprint density at radius 2 is 2.05 bits per heavy atom. The van der Waals surface area contributed by atoms with Gasteiger partial charge in [-0.1, -0.05) is 11.6 Å². The molecule has 0 N–H and O–H groups in total. The lowest BCUT2D eigenvalue weighted by atomic mass is 10.3. The first-order valence-corrected chi connectivity index (χ1v) is 7.24. The quantitative estimate of drug-likeness (QED) is 0.685. The number of nitrogens with zero attached hydrogens (tertiary/aromatic N) is 4. The summed E-state index contributed by atoms with van der Waals surface area (Å²) in [7, 11) is 2.06. The molecule has 0 saturated carbocycles. The lowest BCUT2D eigenvalue weighted by Gasteiger charge is -2.31. The number of likely N-dealkylation sites (N-methyl/N-ethyl adjacent to an activating group) is 1. The van der Waals surface area contributed by atoms with Gasteiger partial charge < -0.3 is 26.6 Å². The van der Waals surface area contributed by atoms with Crippen LogP contribution in [0, 0.1) is 0 Å². The number of hydrogen-bond donors (Lipinski definition) is 0. The van der Waals surface area contributed by atoms with Crippen LogP contribution in [0.5, 0.6) is 0 Å². The number of aromatic nitrogens is 2. The normalized spacial score (nSPS) is 15.6. The fourth-order valence-corrected chi connectivity index (χ4v) is 2.48. The van der Waals surface area contributed by atoms with Crippen molar-refractivity contribution in [1.82, 2.24) is 19.6 Å². The number of furan rings is 1. The summed E-state index contributed by atoms with van der Waals surface area (Å²) in [6.07, 6.45) is 3.28. The summed E-state index contributed by atoms with van der Waals surface area (Å²) in [6, 6.07) is 3.53. The van der Waals surface area contributed by atoms with Gasteiger partial charge in [-0.25, -0.2) is 0 Å². The van der Waals surface area contributed by atoms with Crippen LogP contribution in [-0.4, -0.2) is 58.7 Å². The molecule has 1 amide bonds. The molecule has 0 bridgehead atoms. The van der Waals surface area contributed by atoms with Crippen LogP contribution in [0.1, 0.15) is 16.3 Å². The minimum Gasteiger partial charge on any atom is -1.00 e. The first kappa shape index (κ1) is 16.9. The Kier molecular flexibility index (Phi) is 5.50. The van der Waals surface area contributed by atoms with Crippen molar-refractivity contribution in [2.24, 2.45) is 0 Å². The highest BCUT2D eigenvalue weighted by Gasteiger charge is 2.22. The lowest BCUT2D eigenvalue weighted by molar-refractivity contribution is -0.0000149. The van der Waals surface area contributed by atoms with Gasteiger partial charge in [0.05, 0.1) is 17.8 Å². The van der Waals surface area contributed by atoms with Crippen molar-refractivity contribution in [2.75, 3.05) is 33.2 Å². The smallest absolute Gasteiger partial charge is 0.289 e. The maximum atomic E-state index is 12.3. The molecule has 1 saturated heterocycles. The Labute approximate surface area is 140 Å². The standard InChI is InChI=1S/C14H17ClN4O2.ClH/c1-17-4-6-18(7-5-17)14(20)13-3-2-12(21-13)10-19-9-11(15)8-16-19;/h2-3,8-9H,4-7,10H2,1H3;1H/p-1. The third-order valence-electron chi connectivity index (χ3n) is 3.58. The van der Waals surface area contributed by atoms with Gasteiger partial charge in [0.1, 0.15) is 5.76 Å². The minimum absolute atomic E-state index is 0. The zero-order chi connectivity index (χ0) is 14.8. The number of piperazine rings is 1. The van der Waals surface area contributed by atoms with E-state index in [0.29, 0.717) is 23.1 Å². The van der Waals surface area contributed by atoms with Crippen molar-refractivity contribution in [3.8, 4) is 0 Å². The molecule has 0 radical (unpaired) electrons. The summed E-state index contributed by atoms with van der Waals surface area (Å²) in [6.45, 7) is 3.72. The Bertz CT molecular complexity index is 632. The van der Waals surface area contributed by atoms with E-state index in [2.05, 4.69) is 17.0 Å². The molecule has 0 unspecified atom stereocenters. The predicted octanol–water partition coefficient (Wildman–Crippen LogP) is -1.43. The Morgan fingerprint density at radius 1 is 1.32 bits per heavy atom. The molecule has 2 aromatic rings. The molecule has 0 aliphatic carbocycles. The monoisotopic (exact) mass is 343 g/mol. The topological polar surface area (TPSA) is 54.5 Å². The summed E-state index contributed by atoms with van der Waals surface area (Å²) >= 11 is 5.82. The number of amides is 1. The number of rotatable bonds is 3. The second kappa shape index (κ2) is 7.17. The molecule has 1 aliphatic heterocycles. The first-order chi connectivity index (χ1) is 10.1. The zero-order valence-corrected chi connectivity index (χ0v) is 13.7. The largest absolute Gasteiger partial charge is 1.00 e. The second-order valence-corrected chi connectivity index (χ2v) is 5.65. The maximum Gasteiger partial charge on any atom is 0.289 e. The van der Waals surface area contributed by atoms with E-state index in [1.54, 1.807) is 29.2 Å². The molecule has 1 fully saturated rings. The summed E-state index contributed by atoms with van der Waals surface area (Å²) in [4.78, 5) is 16.4. The third-order valence-corrected chi connectivity index (χ3v) is 3.78. The second-order valence-electron chi connectivity index (χ2n) is 5.22. The average molecular weight is 344 g/mol. The van der Waals surface area contributed by atoms with E-state index in [9.17, 15) is 4.79 Å². The minimum atomic E-state index is -0.0483. The van der Waals surface area contributed by atoms with Crippen LogP contribution in [0.3, 0.4) is 0 Å². The van der Waals surface area contributed by atoms with Gasteiger partial charge in [-0.15, -0.1) is 0 Å². The molecule has 1 aliphatic rings. The van der Waals surface area contributed by atoms with E-state index in [1.807, 2.05) is 4.90 Å². The number of hydrogen-bond acceptors (Lipinski definition) is 4. The van der Waals surface area contributed by atoms with E-state index < -0.39 is 0 Å². The molecule has 6 nitrogen and oxygen atoms in total. The lowest BCUT2D eigenvalue weighted by Crippen LogP contribution is -3.00. The number of carbonyl (C=O) groups is 1. The van der Waals surface area contributed by atoms with E-state index in [0.717, 1.165) is 26.2 Å². The predicted molar refractivity (Wildman–Crippen MR) is 78.4 cm³/mol. The molecule has 3 heterocycles. The van der Waals surface area contributed by atoms with Crippen LogP contribution in [0.25, 0.3) is 0 Å². The van der Waals surface area contributed by atoms with Gasteiger partial charge >= 0.3 is 0 Å². The molecule has 8 heteroatoms. The molecule has 3 rings (SSSR count). The van der Waals surface area contributed by atoms with Crippen molar-refractivity contribution in [1.29, 1.82) is 0 Å². The van der Waals surface area contributed by atoms with Crippen LogP contribution in [0.4, 0.5) is 0 Å². The maximum absolute atomic E-state index is 12.3. The van der Waals surface area contributed by atoms with Gasteiger partial charge in [0.2, 0.25) is 0 Å². The Morgan fingerprint density at radius 3 is 2.68 bits per heavy atom. The van der Waals surface area contributed by atoms with E-state index in [-0.39, 0.29) is 18.3 Å². The fraction of sp³-hybridized carbons (Fsp3) is 0.429. The van der Waals surface area contributed by atoms with E-state index >= 15 is 0 Å². The van der Waals surface area contributed by atoms with Crippen LogP contribution in [0.2, 0.25) is 5.02 Å².